The Balaban J connectivity index is 1.46. The number of amides is 1. The van der Waals surface area contributed by atoms with Gasteiger partial charge in [-0.05, 0) is 35.9 Å². The van der Waals surface area contributed by atoms with Crippen molar-refractivity contribution in [3.63, 3.8) is 0 Å². The van der Waals surface area contributed by atoms with Crippen molar-refractivity contribution in [1.29, 1.82) is 0 Å². The number of ether oxygens (including phenoxy) is 1. The Hall–Kier alpha value is -2.38. The highest BCUT2D eigenvalue weighted by Crippen LogP contribution is 2.23. The third kappa shape index (κ3) is 5.02. The standard InChI is InChI=1S/C22H22Cl2N4O2/c23-18-6-4-16(5-7-18)21(27-8-10-30-11-9-27)14-25-22(29)17-13-26-28(15-17)20-3-1-2-19(24)12-20/h1-7,12-13,15,21H,8-11,14H2,(H,25,29). The molecule has 156 valence electrons. The molecule has 1 aliphatic heterocycles. The van der Waals surface area contributed by atoms with Crippen molar-refractivity contribution in [2.45, 2.75) is 6.04 Å². The zero-order valence-corrected chi connectivity index (χ0v) is 17.8. The highest BCUT2D eigenvalue weighted by Gasteiger charge is 2.23. The first-order valence-corrected chi connectivity index (χ1v) is 10.5. The fraction of sp³-hybridized carbons (Fsp3) is 0.273. The molecule has 0 radical (unpaired) electrons. The molecule has 1 atom stereocenters. The summed E-state index contributed by atoms with van der Waals surface area (Å²) in [4.78, 5) is 15.1. The zero-order valence-electron chi connectivity index (χ0n) is 16.3. The van der Waals surface area contributed by atoms with E-state index in [-0.39, 0.29) is 11.9 Å². The minimum Gasteiger partial charge on any atom is -0.379 e. The Bertz CT molecular complexity index is 1000. The average Bonchev–Trinajstić information content (AvgIpc) is 3.26. The van der Waals surface area contributed by atoms with E-state index in [2.05, 4.69) is 15.3 Å². The summed E-state index contributed by atoms with van der Waals surface area (Å²) in [5.41, 5.74) is 2.40. The SMILES string of the molecule is O=C(NCC(c1ccc(Cl)cc1)N1CCOCC1)c1cnn(-c2cccc(Cl)c2)c1. The molecular weight excluding hydrogens is 423 g/mol. The molecule has 1 amide bonds. The van der Waals surface area contributed by atoms with Crippen LogP contribution in [0, 0.1) is 0 Å². The lowest BCUT2D eigenvalue weighted by atomic mass is 10.0. The lowest BCUT2D eigenvalue weighted by Crippen LogP contribution is -2.43. The smallest absolute Gasteiger partial charge is 0.254 e. The number of nitrogens with one attached hydrogen (secondary N) is 1. The Morgan fingerprint density at radius 2 is 1.87 bits per heavy atom. The molecule has 0 aliphatic carbocycles. The number of carbonyl (C=O) groups is 1. The monoisotopic (exact) mass is 444 g/mol. The Labute approximate surface area is 185 Å². The predicted molar refractivity (Wildman–Crippen MR) is 117 cm³/mol. The van der Waals surface area contributed by atoms with Crippen LogP contribution in [-0.2, 0) is 4.74 Å². The molecule has 1 fully saturated rings. The first kappa shape index (κ1) is 20.9. The van der Waals surface area contributed by atoms with Crippen LogP contribution < -0.4 is 5.32 Å². The van der Waals surface area contributed by atoms with Gasteiger partial charge in [-0.25, -0.2) is 4.68 Å². The normalized spacial score (nSPS) is 15.7. The number of halogens is 2. The molecular formula is C22H22Cl2N4O2. The summed E-state index contributed by atoms with van der Waals surface area (Å²) >= 11 is 12.1. The Morgan fingerprint density at radius 3 is 2.60 bits per heavy atom. The lowest BCUT2D eigenvalue weighted by Gasteiger charge is -2.35. The van der Waals surface area contributed by atoms with Crippen molar-refractivity contribution >= 4 is 29.1 Å². The van der Waals surface area contributed by atoms with Crippen molar-refractivity contribution in [2.24, 2.45) is 0 Å². The van der Waals surface area contributed by atoms with Gasteiger partial charge in [-0.15, -0.1) is 0 Å². The van der Waals surface area contributed by atoms with Gasteiger partial charge >= 0.3 is 0 Å². The van der Waals surface area contributed by atoms with E-state index in [0.29, 0.717) is 35.4 Å². The molecule has 1 aliphatic rings. The molecule has 2 aromatic carbocycles. The molecule has 0 saturated carbocycles. The molecule has 30 heavy (non-hydrogen) atoms. The van der Waals surface area contributed by atoms with Crippen LogP contribution in [0.3, 0.4) is 0 Å². The first-order valence-electron chi connectivity index (χ1n) is 9.76. The molecule has 0 bridgehead atoms. The van der Waals surface area contributed by atoms with Crippen LogP contribution in [-0.4, -0.2) is 53.4 Å². The molecule has 3 aromatic rings. The number of benzene rings is 2. The second-order valence-electron chi connectivity index (χ2n) is 7.08. The molecule has 1 unspecified atom stereocenters. The van der Waals surface area contributed by atoms with E-state index in [4.69, 9.17) is 27.9 Å². The molecule has 1 saturated heterocycles. The van der Waals surface area contributed by atoms with E-state index in [1.54, 1.807) is 29.2 Å². The summed E-state index contributed by atoms with van der Waals surface area (Å²) in [5.74, 6) is -0.171. The number of nitrogens with zero attached hydrogens (tertiary/aromatic N) is 3. The van der Waals surface area contributed by atoms with E-state index in [1.165, 1.54) is 0 Å². The summed E-state index contributed by atoms with van der Waals surface area (Å²) in [6.45, 7) is 3.48. The summed E-state index contributed by atoms with van der Waals surface area (Å²) in [7, 11) is 0. The summed E-state index contributed by atoms with van der Waals surface area (Å²) in [6, 6.07) is 15.1. The first-order chi connectivity index (χ1) is 14.6. The highest BCUT2D eigenvalue weighted by molar-refractivity contribution is 6.30. The van der Waals surface area contributed by atoms with E-state index in [1.807, 2.05) is 36.4 Å². The van der Waals surface area contributed by atoms with Gasteiger partial charge in [0.2, 0.25) is 0 Å². The third-order valence-corrected chi connectivity index (χ3v) is 5.60. The van der Waals surface area contributed by atoms with Gasteiger partial charge in [0.05, 0.1) is 36.7 Å². The van der Waals surface area contributed by atoms with Gasteiger partial charge in [0.15, 0.2) is 0 Å². The van der Waals surface area contributed by atoms with Crippen molar-refractivity contribution in [1.82, 2.24) is 20.0 Å². The van der Waals surface area contributed by atoms with Gasteiger partial charge in [-0.3, -0.25) is 9.69 Å². The maximum atomic E-state index is 12.8. The van der Waals surface area contributed by atoms with Crippen molar-refractivity contribution < 1.29 is 9.53 Å². The van der Waals surface area contributed by atoms with Crippen LogP contribution in [0.4, 0.5) is 0 Å². The molecule has 1 N–H and O–H groups in total. The van der Waals surface area contributed by atoms with Crippen LogP contribution in [0.1, 0.15) is 22.0 Å². The summed E-state index contributed by atoms with van der Waals surface area (Å²) in [5, 5.41) is 8.65. The van der Waals surface area contributed by atoms with Crippen molar-refractivity contribution in [3.8, 4) is 5.69 Å². The number of carbonyl (C=O) groups excluding carboxylic acids is 1. The summed E-state index contributed by atoms with van der Waals surface area (Å²) in [6.07, 6.45) is 3.26. The third-order valence-electron chi connectivity index (χ3n) is 5.11. The molecule has 0 spiro atoms. The van der Waals surface area contributed by atoms with Crippen LogP contribution in [0.5, 0.6) is 0 Å². The molecule has 1 aromatic heterocycles. The van der Waals surface area contributed by atoms with Crippen LogP contribution in [0.2, 0.25) is 10.0 Å². The van der Waals surface area contributed by atoms with E-state index >= 15 is 0 Å². The Kier molecular flexibility index (Phi) is 6.69. The molecule has 8 heteroatoms. The molecule has 6 nitrogen and oxygen atoms in total. The second-order valence-corrected chi connectivity index (χ2v) is 7.95. The maximum absolute atomic E-state index is 12.8. The Morgan fingerprint density at radius 1 is 1.10 bits per heavy atom. The van der Waals surface area contributed by atoms with Crippen molar-refractivity contribution in [2.75, 3.05) is 32.8 Å². The van der Waals surface area contributed by atoms with Gasteiger partial charge in [-0.1, -0.05) is 41.4 Å². The molecule has 4 rings (SSSR count). The lowest BCUT2D eigenvalue weighted by molar-refractivity contribution is 0.0162. The number of aromatic nitrogens is 2. The highest BCUT2D eigenvalue weighted by atomic mass is 35.5. The fourth-order valence-corrected chi connectivity index (χ4v) is 3.83. The minimum absolute atomic E-state index is 0.0399. The van der Waals surface area contributed by atoms with Gasteiger partial charge in [0.25, 0.3) is 5.91 Å². The van der Waals surface area contributed by atoms with Gasteiger partial charge in [0.1, 0.15) is 0 Å². The van der Waals surface area contributed by atoms with Gasteiger partial charge < -0.3 is 10.1 Å². The van der Waals surface area contributed by atoms with E-state index < -0.39 is 0 Å². The van der Waals surface area contributed by atoms with Crippen molar-refractivity contribution in [3.05, 3.63) is 82.1 Å². The second kappa shape index (κ2) is 9.62. The zero-order chi connectivity index (χ0) is 20.9. The molecule has 2 heterocycles. The van der Waals surface area contributed by atoms with Crippen LogP contribution in [0.25, 0.3) is 5.69 Å². The number of morpholine rings is 1. The maximum Gasteiger partial charge on any atom is 0.254 e. The van der Waals surface area contributed by atoms with E-state index in [9.17, 15) is 4.79 Å². The number of rotatable bonds is 6. The minimum atomic E-state index is -0.171. The van der Waals surface area contributed by atoms with Gasteiger partial charge in [0, 0.05) is 35.9 Å². The summed E-state index contributed by atoms with van der Waals surface area (Å²) < 4.78 is 7.12. The predicted octanol–water partition coefficient (Wildman–Crippen LogP) is 3.98. The topological polar surface area (TPSA) is 59.4 Å². The van der Waals surface area contributed by atoms with Crippen LogP contribution in [0.15, 0.2) is 60.9 Å². The number of hydrogen-bond donors (Lipinski definition) is 1. The van der Waals surface area contributed by atoms with Crippen LogP contribution >= 0.6 is 23.2 Å². The average molecular weight is 445 g/mol. The fourth-order valence-electron chi connectivity index (χ4n) is 3.52. The largest absolute Gasteiger partial charge is 0.379 e. The number of hydrogen-bond acceptors (Lipinski definition) is 4. The van der Waals surface area contributed by atoms with Gasteiger partial charge in [-0.2, -0.15) is 5.10 Å². The van der Waals surface area contributed by atoms with E-state index in [0.717, 1.165) is 24.3 Å². The quantitative estimate of drug-likeness (QED) is 0.624.